The Labute approximate surface area is 107 Å². The summed E-state index contributed by atoms with van der Waals surface area (Å²) in [7, 11) is 0. The molecule has 0 atom stereocenters. The molecule has 0 rings (SSSR count). The van der Waals surface area contributed by atoms with Gasteiger partial charge in [0.15, 0.2) is 0 Å². The predicted molar refractivity (Wildman–Crippen MR) is 62.1 cm³/mol. The van der Waals surface area contributed by atoms with Gasteiger partial charge in [0.2, 0.25) is 0 Å². The standard InChI is InChI=1S/C10H16ClF5S/c11-6-2-1-3-7-17-8-4-5-9(12,13)10(14,15)16/h1-8H2. The molecule has 0 aliphatic heterocycles. The fourth-order valence-corrected chi connectivity index (χ4v) is 2.27. The molecule has 0 spiro atoms. The number of rotatable bonds is 9. The van der Waals surface area contributed by atoms with E-state index in [0.717, 1.165) is 25.0 Å². The zero-order chi connectivity index (χ0) is 13.4. The summed E-state index contributed by atoms with van der Waals surface area (Å²) in [5.74, 6) is -2.82. The Hall–Kier alpha value is 0.290. The predicted octanol–water partition coefficient (Wildman–Crippen LogP) is 5.11. The summed E-state index contributed by atoms with van der Waals surface area (Å²) in [5.41, 5.74) is 0. The average molecular weight is 299 g/mol. The highest BCUT2D eigenvalue weighted by Gasteiger charge is 2.56. The topological polar surface area (TPSA) is 0 Å². The molecular formula is C10H16ClF5S. The van der Waals surface area contributed by atoms with Crippen LogP contribution in [0.3, 0.4) is 0 Å². The van der Waals surface area contributed by atoms with Crippen LogP contribution in [0.2, 0.25) is 0 Å². The molecule has 0 aromatic rings. The van der Waals surface area contributed by atoms with Crippen LogP contribution in [0, 0.1) is 0 Å². The summed E-state index contributed by atoms with van der Waals surface area (Å²) in [5, 5.41) is 0. The van der Waals surface area contributed by atoms with Crippen molar-refractivity contribution in [3.8, 4) is 0 Å². The van der Waals surface area contributed by atoms with E-state index in [0.29, 0.717) is 11.6 Å². The van der Waals surface area contributed by atoms with Crippen molar-refractivity contribution in [2.75, 3.05) is 17.4 Å². The van der Waals surface area contributed by atoms with Gasteiger partial charge in [-0.1, -0.05) is 6.42 Å². The van der Waals surface area contributed by atoms with Crippen molar-refractivity contribution in [2.24, 2.45) is 0 Å². The molecule has 104 valence electrons. The zero-order valence-corrected chi connectivity index (χ0v) is 10.9. The minimum absolute atomic E-state index is 0.118. The molecule has 0 amide bonds. The van der Waals surface area contributed by atoms with E-state index in [9.17, 15) is 22.0 Å². The van der Waals surface area contributed by atoms with Crippen LogP contribution in [0.25, 0.3) is 0 Å². The number of halogens is 6. The van der Waals surface area contributed by atoms with Crippen molar-refractivity contribution in [3.05, 3.63) is 0 Å². The molecule has 0 unspecified atom stereocenters. The van der Waals surface area contributed by atoms with E-state index in [1.165, 1.54) is 11.8 Å². The molecular weight excluding hydrogens is 283 g/mol. The third-order valence-electron chi connectivity index (χ3n) is 2.12. The minimum atomic E-state index is -5.42. The number of alkyl halides is 6. The second kappa shape index (κ2) is 8.40. The zero-order valence-electron chi connectivity index (χ0n) is 9.33. The van der Waals surface area contributed by atoms with E-state index in [4.69, 9.17) is 11.6 Å². The van der Waals surface area contributed by atoms with Gasteiger partial charge in [0.05, 0.1) is 0 Å². The van der Waals surface area contributed by atoms with Gasteiger partial charge in [-0.2, -0.15) is 33.7 Å². The molecule has 0 saturated carbocycles. The lowest BCUT2D eigenvalue weighted by atomic mass is 10.2. The Balaban J connectivity index is 3.46. The molecule has 0 saturated heterocycles. The molecule has 0 nitrogen and oxygen atoms in total. The molecule has 7 heteroatoms. The van der Waals surface area contributed by atoms with Crippen LogP contribution in [0.4, 0.5) is 22.0 Å². The van der Waals surface area contributed by atoms with Crippen LogP contribution in [-0.2, 0) is 0 Å². The maximum Gasteiger partial charge on any atom is 0.453 e. The molecule has 0 aliphatic carbocycles. The first-order chi connectivity index (χ1) is 7.81. The molecule has 0 fully saturated rings. The fourth-order valence-electron chi connectivity index (χ4n) is 1.12. The first-order valence-corrected chi connectivity index (χ1v) is 7.08. The van der Waals surface area contributed by atoms with E-state index in [2.05, 4.69) is 0 Å². The van der Waals surface area contributed by atoms with Crippen molar-refractivity contribution in [3.63, 3.8) is 0 Å². The van der Waals surface area contributed by atoms with Gasteiger partial charge in [0.25, 0.3) is 0 Å². The Bertz CT molecular complexity index is 196. The quantitative estimate of drug-likeness (QED) is 0.324. The van der Waals surface area contributed by atoms with Crippen LogP contribution >= 0.6 is 23.4 Å². The third-order valence-corrected chi connectivity index (χ3v) is 3.54. The lowest BCUT2D eigenvalue weighted by molar-refractivity contribution is -0.284. The second-order valence-corrected chi connectivity index (χ2v) is 5.27. The highest BCUT2D eigenvalue weighted by atomic mass is 35.5. The lowest BCUT2D eigenvalue weighted by Gasteiger charge is -2.19. The van der Waals surface area contributed by atoms with Crippen LogP contribution in [0.1, 0.15) is 32.1 Å². The molecule has 17 heavy (non-hydrogen) atoms. The normalized spacial score (nSPS) is 13.1. The second-order valence-electron chi connectivity index (χ2n) is 3.67. The van der Waals surface area contributed by atoms with Gasteiger partial charge in [-0.3, -0.25) is 0 Å². The first-order valence-electron chi connectivity index (χ1n) is 5.39. The Morgan fingerprint density at radius 2 is 1.41 bits per heavy atom. The van der Waals surface area contributed by atoms with E-state index >= 15 is 0 Å². The smallest absolute Gasteiger partial charge is 0.196 e. The van der Waals surface area contributed by atoms with Gasteiger partial charge in [-0.25, -0.2) is 0 Å². The minimum Gasteiger partial charge on any atom is -0.196 e. The maximum atomic E-state index is 12.5. The van der Waals surface area contributed by atoms with Crippen LogP contribution < -0.4 is 0 Å². The molecule has 0 bridgehead atoms. The van der Waals surface area contributed by atoms with Gasteiger partial charge < -0.3 is 0 Å². The summed E-state index contributed by atoms with van der Waals surface area (Å²) in [6.07, 6.45) is -3.85. The van der Waals surface area contributed by atoms with Crippen molar-refractivity contribution in [2.45, 2.75) is 44.2 Å². The molecule has 0 heterocycles. The molecule has 0 aliphatic rings. The molecule has 0 aromatic heterocycles. The number of hydrogen-bond donors (Lipinski definition) is 0. The first kappa shape index (κ1) is 17.3. The number of hydrogen-bond acceptors (Lipinski definition) is 1. The van der Waals surface area contributed by atoms with E-state index in [1.54, 1.807) is 0 Å². The lowest BCUT2D eigenvalue weighted by Crippen LogP contribution is -2.36. The summed E-state index contributed by atoms with van der Waals surface area (Å²) < 4.78 is 60.3. The van der Waals surface area contributed by atoms with Gasteiger partial charge in [-0.05, 0) is 30.8 Å². The van der Waals surface area contributed by atoms with Crippen LogP contribution in [-0.4, -0.2) is 29.5 Å². The fraction of sp³-hybridized carbons (Fsp3) is 1.00. The monoisotopic (exact) mass is 298 g/mol. The Morgan fingerprint density at radius 1 is 0.824 bits per heavy atom. The van der Waals surface area contributed by atoms with Crippen LogP contribution in [0.5, 0.6) is 0 Å². The highest BCUT2D eigenvalue weighted by molar-refractivity contribution is 7.99. The van der Waals surface area contributed by atoms with Crippen molar-refractivity contribution < 1.29 is 22.0 Å². The Kier molecular flexibility index (Phi) is 8.55. The maximum absolute atomic E-state index is 12.5. The third kappa shape index (κ3) is 8.08. The van der Waals surface area contributed by atoms with Gasteiger partial charge in [0, 0.05) is 12.3 Å². The van der Waals surface area contributed by atoms with Gasteiger partial charge in [-0.15, -0.1) is 11.6 Å². The van der Waals surface area contributed by atoms with E-state index in [1.807, 2.05) is 0 Å². The molecule has 0 aromatic carbocycles. The molecule has 0 radical (unpaired) electrons. The van der Waals surface area contributed by atoms with Crippen molar-refractivity contribution >= 4 is 23.4 Å². The van der Waals surface area contributed by atoms with Crippen LogP contribution in [0.15, 0.2) is 0 Å². The highest BCUT2D eigenvalue weighted by Crippen LogP contribution is 2.39. The summed E-state index contributed by atoms with van der Waals surface area (Å²) >= 11 is 6.87. The number of thioether (sulfide) groups is 1. The van der Waals surface area contributed by atoms with E-state index in [-0.39, 0.29) is 6.42 Å². The van der Waals surface area contributed by atoms with Gasteiger partial charge >= 0.3 is 12.1 Å². The summed E-state index contributed by atoms with van der Waals surface area (Å²) in [6.45, 7) is 0. The molecule has 0 N–H and O–H groups in total. The Morgan fingerprint density at radius 3 is 1.94 bits per heavy atom. The van der Waals surface area contributed by atoms with Gasteiger partial charge in [0.1, 0.15) is 0 Å². The summed E-state index contributed by atoms with van der Waals surface area (Å²) in [6, 6.07) is 0. The van der Waals surface area contributed by atoms with E-state index < -0.39 is 18.5 Å². The SMILES string of the molecule is FC(F)(F)C(F)(F)CCCSCCCCCCl. The number of unbranched alkanes of at least 4 members (excludes halogenated alkanes) is 2. The average Bonchev–Trinajstić information content (AvgIpc) is 2.20. The van der Waals surface area contributed by atoms with Crippen molar-refractivity contribution in [1.29, 1.82) is 0 Å². The summed E-state index contributed by atoms with van der Waals surface area (Å²) in [4.78, 5) is 0. The van der Waals surface area contributed by atoms with Crippen molar-refractivity contribution in [1.82, 2.24) is 0 Å². The largest absolute Gasteiger partial charge is 0.453 e.